The second-order valence-corrected chi connectivity index (χ2v) is 7.16. The number of anilines is 1. The van der Waals surface area contributed by atoms with Crippen LogP contribution >= 0.6 is 0 Å². The molecule has 2 N–H and O–H groups in total. The molecule has 2 fully saturated rings. The highest BCUT2D eigenvalue weighted by Crippen LogP contribution is 2.22. The first-order valence-corrected chi connectivity index (χ1v) is 9.23. The summed E-state index contributed by atoms with van der Waals surface area (Å²) in [7, 11) is 0. The Kier molecular flexibility index (Phi) is 6.01. The number of nitrogens with one attached hydrogen (secondary N) is 2. The van der Waals surface area contributed by atoms with Crippen molar-refractivity contribution in [1.82, 2.24) is 20.6 Å². The smallest absolute Gasteiger partial charge is 0.225 e. The maximum Gasteiger partial charge on any atom is 0.225 e. The van der Waals surface area contributed by atoms with E-state index in [1.807, 2.05) is 18.5 Å². The van der Waals surface area contributed by atoms with E-state index >= 15 is 0 Å². The Bertz CT molecular complexity index is 515. The lowest BCUT2D eigenvalue weighted by atomic mass is 9.90. The molecule has 1 atom stereocenters. The second-order valence-electron chi connectivity index (χ2n) is 7.16. The molecule has 0 spiro atoms. The van der Waals surface area contributed by atoms with Crippen molar-refractivity contribution in [3.8, 4) is 0 Å². The van der Waals surface area contributed by atoms with E-state index in [1.54, 1.807) is 6.92 Å². The summed E-state index contributed by atoms with van der Waals surface area (Å²) in [6, 6.07) is 2.84. The Balaban J connectivity index is 1.40. The summed E-state index contributed by atoms with van der Waals surface area (Å²) in [5.41, 5.74) is 0. The fourth-order valence-electron chi connectivity index (χ4n) is 3.93. The Morgan fingerprint density at radius 1 is 1.17 bits per heavy atom. The molecule has 1 amide bonds. The van der Waals surface area contributed by atoms with E-state index < -0.39 is 0 Å². The molecule has 132 valence electrons. The van der Waals surface area contributed by atoms with Crippen LogP contribution in [-0.2, 0) is 4.79 Å². The number of carbonyl (C=O) groups is 1. The third kappa shape index (κ3) is 4.90. The summed E-state index contributed by atoms with van der Waals surface area (Å²) in [5, 5.41) is 6.80. The molecule has 1 aromatic heterocycles. The number of nitrogens with zero attached hydrogens (tertiary/aromatic N) is 3. The van der Waals surface area contributed by atoms with Gasteiger partial charge in [0.1, 0.15) is 0 Å². The highest BCUT2D eigenvalue weighted by Gasteiger charge is 2.25. The first kappa shape index (κ1) is 17.1. The van der Waals surface area contributed by atoms with Crippen LogP contribution in [0.5, 0.6) is 0 Å². The van der Waals surface area contributed by atoms with E-state index in [0.29, 0.717) is 18.0 Å². The molecule has 1 saturated carbocycles. The van der Waals surface area contributed by atoms with Crippen LogP contribution in [0.3, 0.4) is 0 Å². The van der Waals surface area contributed by atoms with Gasteiger partial charge < -0.3 is 15.5 Å². The molecule has 1 aromatic rings. The first-order chi connectivity index (χ1) is 11.7. The Morgan fingerprint density at radius 3 is 2.58 bits per heavy atom. The van der Waals surface area contributed by atoms with Gasteiger partial charge >= 0.3 is 0 Å². The second kappa shape index (κ2) is 8.42. The van der Waals surface area contributed by atoms with Crippen molar-refractivity contribution >= 4 is 11.9 Å². The molecule has 1 saturated heterocycles. The molecule has 1 aliphatic heterocycles. The van der Waals surface area contributed by atoms with Crippen molar-refractivity contribution in [3.63, 3.8) is 0 Å². The van der Waals surface area contributed by atoms with Gasteiger partial charge in [-0.3, -0.25) is 4.79 Å². The summed E-state index contributed by atoms with van der Waals surface area (Å²) < 4.78 is 0. The normalized spacial score (nSPS) is 27.7. The molecule has 0 radical (unpaired) electrons. The van der Waals surface area contributed by atoms with Gasteiger partial charge in [-0.1, -0.05) is 0 Å². The molecular formula is C18H29N5O. The number of amides is 1. The summed E-state index contributed by atoms with van der Waals surface area (Å²) in [4.78, 5) is 22.2. The summed E-state index contributed by atoms with van der Waals surface area (Å²) in [6.45, 7) is 4.77. The zero-order valence-electron chi connectivity index (χ0n) is 14.6. The topological polar surface area (TPSA) is 70.2 Å². The highest BCUT2D eigenvalue weighted by atomic mass is 16.1. The fourth-order valence-corrected chi connectivity index (χ4v) is 3.93. The largest absolute Gasteiger partial charge is 0.354 e. The number of carbonyl (C=O) groups excluding carboxylic acids is 1. The lowest BCUT2D eigenvalue weighted by Crippen LogP contribution is -2.45. The van der Waals surface area contributed by atoms with Gasteiger partial charge in [0.25, 0.3) is 0 Å². The standard InChI is InChI=1S/C18H29N5O/c1-14(24)22-17-7-5-16(6-8-17)21-12-15-4-2-11-23(13-15)18-19-9-3-10-20-18/h3,9-10,15-17,21H,2,4-8,11-13H2,1H3,(H,22,24)/t15-,16?,17?/m0/s1. The molecule has 0 bridgehead atoms. The molecule has 3 rings (SSSR count). The minimum absolute atomic E-state index is 0.0943. The van der Waals surface area contributed by atoms with Crippen molar-refractivity contribution < 1.29 is 4.79 Å². The van der Waals surface area contributed by atoms with Crippen LogP contribution in [0.25, 0.3) is 0 Å². The lowest BCUT2D eigenvalue weighted by molar-refractivity contribution is -0.119. The number of aromatic nitrogens is 2. The van der Waals surface area contributed by atoms with E-state index in [4.69, 9.17) is 0 Å². The van der Waals surface area contributed by atoms with Gasteiger partial charge in [0.05, 0.1) is 0 Å². The maximum atomic E-state index is 11.1. The summed E-state index contributed by atoms with van der Waals surface area (Å²) in [5.74, 6) is 1.62. The lowest BCUT2D eigenvalue weighted by Gasteiger charge is -2.35. The first-order valence-electron chi connectivity index (χ1n) is 9.23. The monoisotopic (exact) mass is 331 g/mol. The van der Waals surface area contributed by atoms with Crippen LogP contribution in [0.4, 0.5) is 5.95 Å². The van der Waals surface area contributed by atoms with Crippen molar-refractivity contribution in [1.29, 1.82) is 0 Å². The minimum atomic E-state index is 0.0943. The average molecular weight is 331 g/mol. The predicted molar refractivity (Wildman–Crippen MR) is 94.8 cm³/mol. The molecule has 6 heteroatoms. The van der Waals surface area contributed by atoms with Crippen molar-refractivity contribution in [2.24, 2.45) is 5.92 Å². The van der Waals surface area contributed by atoms with Gasteiger partial charge in [0.15, 0.2) is 0 Å². The predicted octanol–water partition coefficient (Wildman–Crippen LogP) is 1.73. The SMILES string of the molecule is CC(=O)NC1CCC(NC[C@@H]2CCCN(c3ncccn3)C2)CC1. The van der Waals surface area contributed by atoms with Crippen molar-refractivity contribution in [2.75, 3.05) is 24.5 Å². The molecule has 2 heterocycles. The number of rotatable bonds is 5. The van der Waals surface area contributed by atoms with Crippen LogP contribution in [0.1, 0.15) is 45.4 Å². The van der Waals surface area contributed by atoms with Gasteiger partial charge in [0, 0.05) is 44.5 Å². The molecule has 2 aliphatic rings. The Morgan fingerprint density at radius 2 is 1.88 bits per heavy atom. The number of hydrogen-bond acceptors (Lipinski definition) is 5. The van der Waals surface area contributed by atoms with Gasteiger partial charge in [-0.15, -0.1) is 0 Å². The van der Waals surface area contributed by atoms with E-state index in [9.17, 15) is 4.79 Å². The van der Waals surface area contributed by atoms with Gasteiger partial charge in [-0.05, 0) is 57.1 Å². The van der Waals surface area contributed by atoms with Crippen LogP contribution in [0, 0.1) is 5.92 Å². The van der Waals surface area contributed by atoms with Gasteiger partial charge in [-0.25, -0.2) is 9.97 Å². The maximum absolute atomic E-state index is 11.1. The summed E-state index contributed by atoms with van der Waals surface area (Å²) >= 11 is 0. The highest BCUT2D eigenvalue weighted by molar-refractivity contribution is 5.73. The Labute approximate surface area is 144 Å². The third-order valence-corrected chi connectivity index (χ3v) is 5.18. The summed E-state index contributed by atoms with van der Waals surface area (Å²) in [6.07, 6.45) is 10.6. The molecule has 0 unspecified atom stereocenters. The van der Waals surface area contributed by atoms with E-state index in [2.05, 4.69) is 25.5 Å². The van der Waals surface area contributed by atoms with Crippen LogP contribution in [0.15, 0.2) is 18.5 Å². The fraction of sp³-hybridized carbons (Fsp3) is 0.722. The number of piperidine rings is 1. The zero-order valence-corrected chi connectivity index (χ0v) is 14.6. The van der Waals surface area contributed by atoms with E-state index in [0.717, 1.165) is 51.3 Å². The third-order valence-electron chi connectivity index (χ3n) is 5.18. The Hall–Kier alpha value is -1.69. The molecular weight excluding hydrogens is 302 g/mol. The van der Waals surface area contributed by atoms with Crippen LogP contribution < -0.4 is 15.5 Å². The quantitative estimate of drug-likeness (QED) is 0.860. The van der Waals surface area contributed by atoms with Gasteiger partial charge in [0.2, 0.25) is 11.9 Å². The minimum Gasteiger partial charge on any atom is -0.354 e. The van der Waals surface area contributed by atoms with Crippen molar-refractivity contribution in [3.05, 3.63) is 18.5 Å². The van der Waals surface area contributed by atoms with Crippen LogP contribution in [-0.4, -0.2) is 47.6 Å². The average Bonchev–Trinajstić information content (AvgIpc) is 2.62. The molecule has 24 heavy (non-hydrogen) atoms. The van der Waals surface area contributed by atoms with E-state index in [1.165, 1.54) is 12.8 Å². The molecule has 0 aromatic carbocycles. The number of hydrogen-bond donors (Lipinski definition) is 2. The van der Waals surface area contributed by atoms with E-state index in [-0.39, 0.29) is 5.91 Å². The molecule has 6 nitrogen and oxygen atoms in total. The van der Waals surface area contributed by atoms with Crippen LogP contribution in [0.2, 0.25) is 0 Å². The van der Waals surface area contributed by atoms with Crippen molar-refractivity contribution in [2.45, 2.75) is 57.5 Å². The van der Waals surface area contributed by atoms with Gasteiger partial charge in [-0.2, -0.15) is 0 Å². The zero-order chi connectivity index (χ0) is 16.8. The molecule has 1 aliphatic carbocycles.